The molecule has 0 aliphatic heterocycles. The molecule has 0 fully saturated rings. The molecular formula is C25H15Cl2F3N2O3. The van der Waals surface area contributed by atoms with Gasteiger partial charge in [-0.2, -0.15) is 13.2 Å². The first kappa shape index (κ1) is 24.4. The van der Waals surface area contributed by atoms with Gasteiger partial charge in [-0.05, 0) is 60.7 Å². The third kappa shape index (κ3) is 5.67. The van der Waals surface area contributed by atoms with Crippen LogP contribution in [-0.2, 0) is 6.18 Å². The van der Waals surface area contributed by atoms with Crippen LogP contribution in [-0.4, -0.2) is 11.8 Å². The van der Waals surface area contributed by atoms with E-state index in [-0.39, 0.29) is 22.0 Å². The van der Waals surface area contributed by atoms with Gasteiger partial charge in [0.05, 0.1) is 16.8 Å². The molecule has 2 amide bonds. The number of hydrogen-bond donors (Lipinski definition) is 2. The van der Waals surface area contributed by atoms with Crippen LogP contribution in [0.15, 0.2) is 83.3 Å². The summed E-state index contributed by atoms with van der Waals surface area (Å²) in [5.74, 6) is -3.37. The topological polar surface area (TPSA) is 71.3 Å². The highest BCUT2D eigenvalue weighted by atomic mass is 35.5. The second-order valence-corrected chi connectivity index (χ2v) is 8.20. The molecule has 0 atom stereocenters. The molecule has 0 aliphatic carbocycles. The van der Waals surface area contributed by atoms with Gasteiger partial charge in [-0.25, -0.2) is 0 Å². The largest absolute Gasteiger partial charge is 0.451 e. The fraction of sp³-hybridized carbons (Fsp3) is 0.0400. The van der Waals surface area contributed by atoms with Crippen molar-refractivity contribution in [3.63, 3.8) is 0 Å². The Morgan fingerprint density at radius 2 is 1.37 bits per heavy atom. The van der Waals surface area contributed by atoms with Crippen molar-refractivity contribution >= 4 is 46.4 Å². The number of anilines is 2. The Morgan fingerprint density at radius 3 is 2.03 bits per heavy atom. The number of carbonyl (C=O) groups excluding carboxylic acids is 2. The maximum atomic E-state index is 13.7. The predicted molar refractivity (Wildman–Crippen MR) is 128 cm³/mol. The number of halogens is 5. The third-order valence-electron chi connectivity index (χ3n) is 4.87. The minimum Gasteiger partial charge on any atom is -0.451 e. The molecule has 5 nitrogen and oxygen atoms in total. The molecule has 0 unspecified atom stereocenters. The summed E-state index contributed by atoms with van der Waals surface area (Å²) in [5.41, 5.74) is -0.0344. The number of amides is 2. The van der Waals surface area contributed by atoms with Crippen LogP contribution in [0.5, 0.6) is 0 Å². The van der Waals surface area contributed by atoms with Crippen LogP contribution in [0, 0.1) is 0 Å². The summed E-state index contributed by atoms with van der Waals surface area (Å²) in [5, 5.41) is 5.56. The fourth-order valence-corrected chi connectivity index (χ4v) is 3.55. The van der Waals surface area contributed by atoms with Gasteiger partial charge in [0.15, 0.2) is 0 Å². The Hall–Kier alpha value is -3.75. The van der Waals surface area contributed by atoms with Crippen LogP contribution in [0.25, 0.3) is 11.3 Å². The summed E-state index contributed by atoms with van der Waals surface area (Å²) in [6.45, 7) is 0. The SMILES string of the molecule is O=C(Nc1ccccc1)c1ccc(Cl)cc1NC(=O)c1cc(-c2ccc(Cl)cc2)oc1C(F)(F)F. The quantitative estimate of drug-likeness (QED) is 0.283. The summed E-state index contributed by atoms with van der Waals surface area (Å²) in [6, 6.07) is 19.4. The molecule has 2 N–H and O–H groups in total. The molecule has 10 heteroatoms. The maximum absolute atomic E-state index is 13.7. The third-order valence-corrected chi connectivity index (χ3v) is 5.36. The molecule has 1 heterocycles. The van der Waals surface area contributed by atoms with E-state index >= 15 is 0 Å². The molecule has 4 aromatic rings. The second kappa shape index (κ2) is 9.85. The average Bonchev–Trinajstić information content (AvgIpc) is 3.27. The minimum absolute atomic E-state index is 0.00146. The monoisotopic (exact) mass is 518 g/mol. The molecule has 3 aromatic carbocycles. The van der Waals surface area contributed by atoms with Crippen molar-refractivity contribution in [2.24, 2.45) is 0 Å². The molecule has 35 heavy (non-hydrogen) atoms. The summed E-state index contributed by atoms with van der Waals surface area (Å²) < 4.78 is 46.0. The van der Waals surface area contributed by atoms with Gasteiger partial charge in [-0.1, -0.05) is 41.4 Å². The zero-order valence-electron chi connectivity index (χ0n) is 17.6. The Labute approximate surface area is 207 Å². The van der Waals surface area contributed by atoms with E-state index in [2.05, 4.69) is 10.6 Å². The lowest BCUT2D eigenvalue weighted by Gasteiger charge is -2.12. The molecule has 178 valence electrons. The normalized spacial score (nSPS) is 11.2. The number of rotatable bonds is 5. The minimum atomic E-state index is -4.95. The van der Waals surface area contributed by atoms with E-state index in [0.717, 1.165) is 6.07 Å². The number of para-hydroxylation sites is 1. The summed E-state index contributed by atoms with van der Waals surface area (Å²) in [6.07, 6.45) is -4.95. The van der Waals surface area contributed by atoms with E-state index in [0.29, 0.717) is 16.3 Å². The highest BCUT2D eigenvalue weighted by Gasteiger charge is 2.40. The average molecular weight is 519 g/mol. The van der Waals surface area contributed by atoms with Gasteiger partial charge in [-0.3, -0.25) is 9.59 Å². The van der Waals surface area contributed by atoms with Crippen molar-refractivity contribution in [2.45, 2.75) is 6.18 Å². The van der Waals surface area contributed by atoms with Crippen LogP contribution in [0.2, 0.25) is 10.0 Å². The summed E-state index contributed by atoms with van der Waals surface area (Å²) in [4.78, 5) is 25.7. The van der Waals surface area contributed by atoms with Gasteiger partial charge in [0.25, 0.3) is 11.8 Å². The van der Waals surface area contributed by atoms with Gasteiger partial charge in [-0.15, -0.1) is 0 Å². The van der Waals surface area contributed by atoms with Crippen molar-refractivity contribution in [1.82, 2.24) is 0 Å². The number of furan rings is 1. The number of alkyl halides is 3. The van der Waals surface area contributed by atoms with E-state index in [1.54, 1.807) is 30.3 Å². The smallest absolute Gasteiger partial charge is 0.450 e. The Balaban J connectivity index is 1.67. The van der Waals surface area contributed by atoms with Gasteiger partial charge >= 0.3 is 6.18 Å². The van der Waals surface area contributed by atoms with Crippen LogP contribution >= 0.6 is 23.2 Å². The van der Waals surface area contributed by atoms with Crippen molar-refractivity contribution in [2.75, 3.05) is 10.6 Å². The molecule has 0 spiro atoms. The highest BCUT2D eigenvalue weighted by Crippen LogP contribution is 2.38. The van der Waals surface area contributed by atoms with Gasteiger partial charge in [0.2, 0.25) is 5.76 Å². The van der Waals surface area contributed by atoms with Crippen LogP contribution in [0.3, 0.4) is 0 Å². The highest BCUT2D eigenvalue weighted by molar-refractivity contribution is 6.31. The van der Waals surface area contributed by atoms with Crippen LogP contribution in [0.4, 0.5) is 24.5 Å². The first-order valence-electron chi connectivity index (χ1n) is 10.1. The van der Waals surface area contributed by atoms with Crippen LogP contribution < -0.4 is 10.6 Å². The molecule has 0 saturated carbocycles. The van der Waals surface area contributed by atoms with E-state index in [4.69, 9.17) is 27.6 Å². The van der Waals surface area contributed by atoms with Gasteiger partial charge in [0.1, 0.15) is 5.76 Å². The number of nitrogens with one attached hydrogen (secondary N) is 2. The summed E-state index contributed by atoms with van der Waals surface area (Å²) in [7, 11) is 0. The first-order chi connectivity index (χ1) is 16.6. The molecule has 0 bridgehead atoms. The fourth-order valence-electron chi connectivity index (χ4n) is 3.25. The molecular weight excluding hydrogens is 504 g/mol. The number of carbonyl (C=O) groups is 2. The molecule has 0 aliphatic rings. The Morgan fingerprint density at radius 1 is 0.743 bits per heavy atom. The molecule has 1 aromatic heterocycles. The zero-order valence-corrected chi connectivity index (χ0v) is 19.1. The molecule has 4 rings (SSSR count). The van der Waals surface area contributed by atoms with Gasteiger partial charge < -0.3 is 15.1 Å². The van der Waals surface area contributed by atoms with E-state index in [1.165, 1.54) is 42.5 Å². The summed E-state index contributed by atoms with van der Waals surface area (Å²) >= 11 is 11.9. The maximum Gasteiger partial charge on any atom is 0.450 e. The van der Waals surface area contributed by atoms with Crippen molar-refractivity contribution < 1.29 is 27.2 Å². The number of hydrogen-bond acceptors (Lipinski definition) is 3. The van der Waals surface area contributed by atoms with E-state index in [9.17, 15) is 22.8 Å². The lowest BCUT2D eigenvalue weighted by atomic mass is 10.1. The molecule has 0 radical (unpaired) electrons. The van der Waals surface area contributed by atoms with Crippen molar-refractivity contribution in [3.8, 4) is 11.3 Å². The van der Waals surface area contributed by atoms with Crippen LogP contribution in [0.1, 0.15) is 26.5 Å². The Bertz CT molecular complexity index is 1390. The van der Waals surface area contributed by atoms with Gasteiger partial charge in [0, 0.05) is 21.3 Å². The van der Waals surface area contributed by atoms with Crippen molar-refractivity contribution in [3.05, 3.63) is 106 Å². The Kier molecular flexibility index (Phi) is 6.86. The second-order valence-electron chi connectivity index (χ2n) is 7.32. The molecule has 0 saturated heterocycles. The predicted octanol–water partition coefficient (Wildman–Crippen LogP) is 7.78. The zero-order chi connectivity index (χ0) is 25.2. The number of benzene rings is 3. The van der Waals surface area contributed by atoms with E-state index < -0.39 is 29.3 Å². The van der Waals surface area contributed by atoms with E-state index in [1.807, 2.05) is 0 Å². The lowest BCUT2D eigenvalue weighted by molar-refractivity contribution is -0.153. The first-order valence-corrected chi connectivity index (χ1v) is 10.8. The van der Waals surface area contributed by atoms with Crippen molar-refractivity contribution in [1.29, 1.82) is 0 Å². The lowest BCUT2D eigenvalue weighted by Crippen LogP contribution is -2.20. The standard InChI is InChI=1S/C25H15Cl2F3N2O3/c26-15-8-6-14(7-9-15)21-13-19(22(35-21)25(28,29)30)24(34)32-20-12-16(27)10-11-18(20)23(33)31-17-4-2-1-3-5-17/h1-13H,(H,31,33)(H,32,34).